The molecule has 1 saturated carbocycles. The van der Waals surface area contributed by atoms with Gasteiger partial charge in [0.25, 0.3) is 0 Å². The Morgan fingerprint density at radius 1 is 1.16 bits per heavy atom. The number of nitrogens with zero attached hydrogens (tertiary/aromatic N) is 2. The number of aliphatic imine (C=N–C) groups is 1. The highest BCUT2D eigenvalue weighted by molar-refractivity contribution is 5.79. The van der Waals surface area contributed by atoms with Crippen LogP contribution in [-0.4, -0.2) is 69.0 Å². The third-order valence-corrected chi connectivity index (χ3v) is 6.14. The highest BCUT2D eigenvalue weighted by Gasteiger charge is 2.28. The van der Waals surface area contributed by atoms with E-state index < -0.39 is 0 Å². The SMILES string of the molecule is CCNC(=NCc1ccc(OC)c(OC2CCCC2)c1)NCC(C)(C)N1CCOCC1. The Morgan fingerprint density at radius 2 is 1.90 bits per heavy atom. The Kier molecular flexibility index (Phi) is 8.84. The minimum atomic E-state index is 0.0301. The fourth-order valence-electron chi connectivity index (χ4n) is 4.19. The van der Waals surface area contributed by atoms with Crippen molar-refractivity contribution in [3.8, 4) is 11.5 Å². The number of methoxy groups -OCH3 is 1. The van der Waals surface area contributed by atoms with Crippen molar-refractivity contribution in [2.24, 2.45) is 4.99 Å². The average molecular weight is 433 g/mol. The molecule has 2 N–H and O–H groups in total. The number of nitrogens with one attached hydrogen (secondary N) is 2. The summed E-state index contributed by atoms with van der Waals surface area (Å²) in [7, 11) is 1.69. The van der Waals surface area contributed by atoms with E-state index >= 15 is 0 Å². The van der Waals surface area contributed by atoms with Gasteiger partial charge in [0.15, 0.2) is 17.5 Å². The molecule has 0 spiro atoms. The van der Waals surface area contributed by atoms with Gasteiger partial charge in [0, 0.05) is 31.7 Å². The predicted octanol–water partition coefficient (Wildman–Crippen LogP) is 3.18. The van der Waals surface area contributed by atoms with E-state index in [0.717, 1.165) is 75.3 Å². The highest BCUT2D eigenvalue weighted by atomic mass is 16.5. The summed E-state index contributed by atoms with van der Waals surface area (Å²) in [6.07, 6.45) is 5.04. The lowest BCUT2D eigenvalue weighted by Gasteiger charge is -2.41. The topological polar surface area (TPSA) is 67.4 Å². The Bertz CT molecular complexity index is 711. The first-order valence-electron chi connectivity index (χ1n) is 11.7. The molecule has 0 amide bonds. The first kappa shape index (κ1) is 23.7. The molecule has 1 aliphatic heterocycles. The van der Waals surface area contributed by atoms with Gasteiger partial charge >= 0.3 is 0 Å². The molecule has 0 unspecified atom stereocenters. The van der Waals surface area contributed by atoms with Crippen LogP contribution in [0.5, 0.6) is 11.5 Å². The van der Waals surface area contributed by atoms with E-state index in [-0.39, 0.29) is 5.54 Å². The van der Waals surface area contributed by atoms with Crippen molar-refractivity contribution in [3.05, 3.63) is 23.8 Å². The minimum Gasteiger partial charge on any atom is -0.493 e. The second kappa shape index (κ2) is 11.6. The van der Waals surface area contributed by atoms with Crippen LogP contribution in [0.15, 0.2) is 23.2 Å². The van der Waals surface area contributed by atoms with Crippen molar-refractivity contribution in [2.75, 3.05) is 46.5 Å². The second-order valence-electron chi connectivity index (χ2n) is 8.97. The summed E-state index contributed by atoms with van der Waals surface area (Å²) in [5.41, 5.74) is 1.14. The van der Waals surface area contributed by atoms with Crippen LogP contribution in [0.4, 0.5) is 0 Å². The van der Waals surface area contributed by atoms with Crippen LogP contribution >= 0.6 is 0 Å². The number of ether oxygens (including phenoxy) is 3. The van der Waals surface area contributed by atoms with E-state index in [0.29, 0.717) is 12.6 Å². The van der Waals surface area contributed by atoms with Gasteiger partial charge in [0.05, 0.1) is 33.0 Å². The van der Waals surface area contributed by atoms with E-state index in [1.165, 1.54) is 12.8 Å². The molecule has 7 nitrogen and oxygen atoms in total. The molecular formula is C24H40N4O3. The van der Waals surface area contributed by atoms with E-state index in [2.05, 4.69) is 48.4 Å². The Morgan fingerprint density at radius 3 is 2.58 bits per heavy atom. The monoisotopic (exact) mass is 432 g/mol. The molecule has 31 heavy (non-hydrogen) atoms. The van der Waals surface area contributed by atoms with Gasteiger partial charge in [-0.05, 0) is 64.2 Å². The second-order valence-corrected chi connectivity index (χ2v) is 8.97. The molecule has 1 aliphatic carbocycles. The van der Waals surface area contributed by atoms with Gasteiger partial charge in [-0.15, -0.1) is 0 Å². The first-order valence-corrected chi connectivity index (χ1v) is 11.7. The Labute approximate surface area is 187 Å². The molecular weight excluding hydrogens is 392 g/mol. The lowest BCUT2D eigenvalue weighted by Crippen LogP contribution is -2.56. The molecule has 0 bridgehead atoms. The quantitative estimate of drug-likeness (QED) is 0.462. The average Bonchev–Trinajstić information content (AvgIpc) is 3.29. The minimum absolute atomic E-state index is 0.0301. The standard InChI is InChI=1S/C24H40N4O3/c1-5-25-23(27-18-24(2,3)28-12-14-30-15-13-28)26-17-19-10-11-21(29-4)22(16-19)31-20-8-6-7-9-20/h10-11,16,20H,5-9,12-15,17-18H2,1-4H3,(H2,25,26,27). The maximum absolute atomic E-state index is 6.23. The number of morpholine rings is 1. The first-order chi connectivity index (χ1) is 15.0. The zero-order valence-electron chi connectivity index (χ0n) is 19.7. The highest BCUT2D eigenvalue weighted by Crippen LogP contribution is 2.32. The van der Waals surface area contributed by atoms with E-state index in [4.69, 9.17) is 19.2 Å². The van der Waals surface area contributed by atoms with Crippen molar-refractivity contribution in [2.45, 2.75) is 64.6 Å². The van der Waals surface area contributed by atoms with Crippen LogP contribution in [0.3, 0.4) is 0 Å². The summed E-state index contributed by atoms with van der Waals surface area (Å²) in [4.78, 5) is 7.29. The third-order valence-electron chi connectivity index (χ3n) is 6.14. The number of rotatable bonds is 9. The van der Waals surface area contributed by atoms with Gasteiger partial charge in [-0.3, -0.25) is 4.90 Å². The van der Waals surface area contributed by atoms with E-state index in [9.17, 15) is 0 Å². The largest absolute Gasteiger partial charge is 0.493 e. The van der Waals surface area contributed by atoms with Gasteiger partial charge < -0.3 is 24.8 Å². The normalized spacial score (nSPS) is 18.8. The molecule has 2 aliphatic rings. The van der Waals surface area contributed by atoms with Crippen LogP contribution in [0.1, 0.15) is 52.0 Å². The fourth-order valence-corrected chi connectivity index (χ4v) is 4.19. The number of benzene rings is 1. The zero-order chi connectivity index (χ0) is 22.1. The van der Waals surface area contributed by atoms with E-state index in [1.807, 2.05) is 6.07 Å². The molecule has 0 aromatic heterocycles. The molecule has 1 aromatic rings. The molecule has 2 fully saturated rings. The van der Waals surface area contributed by atoms with Crippen molar-refractivity contribution >= 4 is 5.96 Å². The van der Waals surface area contributed by atoms with Gasteiger partial charge in [0.1, 0.15) is 0 Å². The van der Waals surface area contributed by atoms with Crippen molar-refractivity contribution < 1.29 is 14.2 Å². The number of guanidine groups is 1. The lowest BCUT2D eigenvalue weighted by molar-refractivity contribution is -0.00834. The van der Waals surface area contributed by atoms with Crippen LogP contribution in [0.25, 0.3) is 0 Å². The van der Waals surface area contributed by atoms with Gasteiger partial charge in [-0.1, -0.05) is 6.07 Å². The van der Waals surface area contributed by atoms with Crippen LogP contribution in [0, 0.1) is 0 Å². The smallest absolute Gasteiger partial charge is 0.191 e. The maximum Gasteiger partial charge on any atom is 0.191 e. The fraction of sp³-hybridized carbons (Fsp3) is 0.708. The summed E-state index contributed by atoms with van der Waals surface area (Å²) in [6.45, 7) is 12.4. The molecule has 0 atom stereocenters. The number of hydrogen-bond donors (Lipinski definition) is 2. The van der Waals surface area contributed by atoms with Crippen molar-refractivity contribution in [3.63, 3.8) is 0 Å². The van der Waals surface area contributed by atoms with Gasteiger partial charge in [0.2, 0.25) is 0 Å². The summed E-state index contributed by atoms with van der Waals surface area (Å²) >= 11 is 0. The van der Waals surface area contributed by atoms with Crippen LogP contribution in [0.2, 0.25) is 0 Å². The summed E-state index contributed by atoms with van der Waals surface area (Å²) in [5.74, 6) is 2.45. The molecule has 3 rings (SSSR count). The van der Waals surface area contributed by atoms with Crippen LogP contribution < -0.4 is 20.1 Å². The molecule has 174 valence electrons. The molecule has 0 radical (unpaired) electrons. The molecule has 1 heterocycles. The molecule has 7 heteroatoms. The summed E-state index contributed by atoms with van der Waals surface area (Å²) in [5, 5.41) is 6.89. The Hall–Kier alpha value is -1.99. The van der Waals surface area contributed by atoms with Crippen LogP contribution in [-0.2, 0) is 11.3 Å². The van der Waals surface area contributed by atoms with E-state index in [1.54, 1.807) is 7.11 Å². The zero-order valence-corrected chi connectivity index (χ0v) is 19.7. The summed E-state index contributed by atoms with van der Waals surface area (Å²) in [6, 6.07) is 6.12. The molecule has 1 aromatic carbocycles. The maximum atomic E-state index is 6.23. The number of hydrogen-bond acceptors (Lipinski definition) is 5. The predicted molar refractivity (Wildman–Crippen MR) is 125 cm³/mol. The van der Waals surface area contributed by atoms with Crippen molar-refractivity contribution in [1.82, 2.24) is 15.5 Å². The van der Waals surface area contributed by atoms with Crippen molar-refractivity contribution in [1.29, 1.82) is 0 Å². The molecule has 1 saturated heterocycles. The lowest BCUT2D eigenvalue weighted by atomic mass is 10.0. The summed E-state index contributed by atoms with van der Waals surface area (Å²) < 4.78 is 17.2. The Balaban J connectivity index is 1.62. The van der Waals surface area contributed by atoms with Gasteiger partial charge in [-0.2, -0.15) is 0 Å². The van der Waals surface area contributed by atoms with Gasteiger partial charge in [-0.25, -0.2) is 4.99 Å². The third kappa shape index (κ3) is 7.01.